The van der Waals surface area contributed by atoms with Crippen LogP contribution in [-0.4, -0.2) is 3.21 Å². The largest absolute Gasteiger partial charge is 0.126 e. The van der Waals surface area contributed by atoms with Crippen LogP contribution in [0.1, 0.15) is 22.3 Å². The molecule has 0 heterocycles. The summed E-state index contributed by atoms with van der Waals surface area (Å²) in [6.07, 6.45) is 0. The van der Waals surface area contributed by atoms with Gasteiger partial charge in [0.25, 0.3) is 0 Å². The summed E-state index contributed by atoms with van der Waals surface area (Å²) in [7, 11) is 0. The summed E-state index contributed by atoms with van der Waals surface area (Å²) < 4.78 is 1.42. The van der Waals surface area contributed by atoms with E-state index in [9.17, 15) is 0 Å². The third-order valence-corrected chi connectivity index (χ3v) is 8.32. The second-order valence-corrected chi connectivity index (χ2v) is 10.7. The molecule has 0 amide bonds. The van der Waals surface area contributed by atoms with Gasteiger partial charge in [0.2, 0.25) is 0 Å². The van der Waals surface area contributed by atoms with Gasteiger partial charge >= 0.3 is 99.2 Å². The van der Waals surface area contributed by atoms with Gasteiger partial charge < -0.3 is 0 Å². The maximum absolute atomic E-state index is 2.24. The van der Waals surface area contributed by atoms with Crippen LogP contribution in [0.4, 0.5) is 0 Å². The first-order chi connectivity index (χ1) is 18.6. The molecule has 7 rings (SSSR count). The normalized spacial score (nSPS) is 10.0. The zero-order chi connectivity index (χ0) is 26.3. The molecule has 7 aromatic carbocycles. The zero-order valence-electron chi connectivity index (χ0n) is 22.7. The number of halogens is 2. The molecule has 0 atom stereocenters. The predicted molar refractivity (Wildman–Crippen MR) is 177 cm³/mol. The Morgan fingerprint density at radius 2 is 0.975 bits per heavy atom. The van der Waals surface area contributed by atoms with Gasteiger partial charge in [0, 0.05) is 0 Å². The van der Waals surface area contributed by atoms with Gasteiger partial charge in [0.15, 0.2) is 0 Å². The van der Waals surface area contributed by atoms with Crippen LogP contribution >= 0.6 is 24.8 Å². The van der Waals surface area contributed by atoms with E-state index in [-0.39, 0.29) is 24.8 Å². The van der Waals surface area contributed by atoms with Crippen molar-refractivity contribution in [2.75, 3.05) is 0 Å². The summed E-state index contributed by atoms with van der Waals surface area (Å²) in [5, 5.41) is 8.10. The van der Waals surface area contributed by atoms with Crippen molar-refractivity contribution in [3.05, 3.63) is 168 Å². The van der Waals surface area contributed by atoms with Crippen molar-refractivity contribution >= 4 is 60.3 Å². The minimum absolute atomic E-state index is 0. The van der Waals surface area contributed by atoms with Gasteiger partial charge in [0.1, 0.15) is 0 Å². The first kappa shape index (κ1) is 31.4. The van der Waals surface area contributed by atoms with Gasteiger partial charge in [0.05, 0.1) is 0 Å². The minimum Gasteiger partial charge on any atom is -0.126 e. The van der Waals surface area contributed by atoms with Crippen molar-refractivity contribution in [3.8, 4) is 0 Å². The minimum atomic E-state index is 0. The van der Waals surface area contributed by atoms with Crippen LogP contribution in [0.2, 0.25) is 0 Å². The van der Waals surface area contributed by atoms with E-state index in [2.05, 4.69) is 159 Å². The number of aryl methyl sites for hydroxylation is 2. The number of hydrogen-bond donors (Lipinski definition) is 0. The molecule has 3 heteroatoms. The molecule has 0 aliphatic heterocycles. The first-order valence-electron chi connectivity index (χ1n) is 13.0. The predicted octanol–water partition coefficient (Wildman–Crippen LogP) is 10.5. The van der Waals surface area contributed by atoms with Crippen molar-refractivity contribution < 1.29 is 24.2 Å². The van der Waals surface area contributed by atoms with E-state index >= 15 is 0 Å². The number of hydrogen-bond acceptors (Lipinski definition) is 0. The molecule has 40 heavy (non-hydrogen) atoms. The Bertz CT molecular complexity index is 1670. The van der Waals surface area contributed by atoms with Crippen LogP contribution in [0.3, 0.4) is 0 Å². The van der Waals surface area contributed by atoms with Crippen molar-refractivity contribution in [2.45, 2.75) is 13.8 Å². The van der Waals surface area contributed by atoms with Crippen LogP contribution in [-0.2, 0) is 24.2 Å². The van der Waals surface area contributed by atoms with Crippen molar-refractivity contribution in [1.82, 2.24) is 0 Å². The molecule has 0 unspecified atom stereocenters. The van der Waals surface area contributed by atoms with Crippen molar-refractivity contribution in [3.63, 3.8) is 0 Å². The fraction of sp³-hybridized carbons (Fsp3) is 0.0541. The summed E-state index contributed by atoms with van der Waals surface area (Å²) >= 11 is 1.46. The number of fused-ring (bicyclic) bond motifs is 4. The fourth-order valence-corrected chi connectivity index (χ4v) is 5.50. The van der Waals surface area contributed by atoms with E-state index in [4.69, 9.17) is 0 Å². The van der Waals surface area contributed by atoms with E-state index in [1.807, 2.05) is 0 Å². The van der Waals surface area contributed by atoms with Crippen LogP contribution in [0.25, 0.3) is 32.3 Å². The Hall–Kier alpha value is -3.09. The fourth-order valence-electron chi connectivity index (χ4n) is 4.69. The molecule has 0 fully saturated rings. The molecule has 0 bridgehead atoms. The molecule has 0 saturated carbocycles. The van der Waals surface area contributed by atoms with Crippen LogP contribution in [0.5, 0.6) is 0 Å². The Morgan fingerprint density at radius 1 is 0.525 bits per heavy atom. The van der Waals surface area contributed by atoms with E-state index in [0.29, 0.717) is 0 Å². The van der Waals surface area contributed by atoms with E-state index in [1.54, 1.807) is 0 Å². The maximum atomic E-state index is 2.24. The average molecular weight is 639 g/mol. The second kappa shape index (κ2) is 15.1. The molecule has 0 N–H and O–H groups in total. The smallest absolute Gasteiger partial charge is 0.0771 e. The molecule has 198 valence electrons. The monoisotopic (exact) mass is 636 g/mol. The average Bonchev–Trinajstić information content (AvgIpc) is 3.58. The van der Waals surface area contributed by atoms with Gasteiger partial charge in [-0.2, -0.15) is 12.1 Å². The third kappa shape index (κ3) is 7.55. The summed E-state index contributed by atoms with van der Waals surface area (Å²) in [5.74, 6) is 0. The topological polar surface area (TPSA) is 0 Å². The van der Waals surface area contributed by atoms with Crippen molar-refractivity contribution in [1.29, 1.82) is 0 Å². The van der Waals surface area contributed by atoms with Gasteiger partial charge in [-0.15, -0.1) is 93.5 Å². The van der Waals surface area contributed by atoms with Crippen LogP contribution in [0, 0.1) is 13.8 Å². The second-order valence-electron chi connectivity index (χ2n) is 9.52. The van der Waals surface area contributed by atoms with Crippen molar-refractivity contribution in [2.24, 2.45) is 0 Å². The molecule has 0 aliphatic carbocycles. The molecule has 0 saturated heterocycles. The Kier molecular flexibility index (Phi) is 11.8. The summed E-state index contributed by atoms with van der Waals surface area (Å²) in [6, 6.07) is 51.3. The molecule has 0 radical (unpaired) electrons. The molecular weight excluding hydrogens is 607 g/mol. The molecule has 7 aromatic rings. The Morgan fingerprint density at radius 3 is 1.50 bits per heavy atom. The van der Waals surface area contributed by atoms with E-state index in [1.165, 1.54) is 82.0 Å². The Balaban J connectivity index is 0.000000162. The zero-order valence-corrected chi connectivity index (χ0v) is 26.8. The molecular formula is C37H32Cl2Zr. The van der Waals surface area contributed by atoms with Crippen LogP contribution < -0.4 is 0 Å². The van der Waals surface area contributed by atoms with Gasteiger partial charge in [-0.05, 0) is 13.8 Å². The quantitative estimate of drug-likeness (QED) is 0.165. The Labute approximate surface area is 264 Å². The third-order valence-electron chi connectivity index (χ3n) is 6.90. The summed E-state index contributed by atoms with van der Waals surface area (Å²) in [4.78, 5) is 0. The van der Waals surface area contributed by atoms with Gasteiger partial charge in [-0.1, -0.05) is 47.5 Å². The molecule has 0 aromatic heterocycles. The van der Waals surface area contributed by atoms with E-state index in [0.717, 1.165) is 0 Å². The number of benzene rings is 5. The first-order valence-corrected chi connectivity index (χ1v) is 14.2. The molecule has 0 aliphatic rings. The molecule has 0 spiro atoms. The maximum Gasteiger partial charge on any atom is -0.0771 e. The molecule has 0 nitrogen and oxygen atoms in total. The summed E-state index contributed by atoms with van der Waals surface area (Å²) in [5.41, 5.74) is 5.42. The van der Waals surface area contributed by atoms with Gasteiger partial charge in [-0.25, -0.2) is 0 Å². The van der Waals surface area contributed by atoms with Gasteiger partial charge in [-0.3, -0.25) is 0 Å². The SMILES string of the molecule is Cc1cc2cc[cH-]c2cc1C.Cl.Cl.[Zr+2]=[C](c1ccccc1)c1ccccc1.c1ccc2c(c1)[cH-]c1ccccc12. The standard InChI is InChI=1S/C13H9.C13H10.C11H11.2ClH.Zr/c1-3-7-12-10(5-1)9-11-6-2-4-8-13(11)12;1-3-7-12(8-4-1)11-13-9-5-2-6-10-13;1-8-6-10-4-3-5-11(10)7-9(8)2;;;/h1-9H;1-10H;3-7H,1-2H3;2*1H;/q-1;;-1;;;+2. The van der Waals surface area contributed by atoms with E-state index < -0.39 is 0 Å². The summed E-state index contributed by atoms with van der Waals surface area (Å²) in [6.45, 7) is 4.31. The van der Waals surface area contributed by atoms with Crippen LogP contribution in [0.15, 0.2) is 146 Å². The number of rotatable bonds is 2.